The predicted octanol–water partition coefficient (Wildman–Crippen LogP) is 2.54. The zero-order valence-electron chi connectivity index (χ0n) is 10.6. The molecule has 0 amide bonds. The molecule has 0 aliphatic heterocycles. The number of hydrogen-bond acceptors (Lipinski definition) is 2. The first-order valence-electron chi connectivity index (χ1n) is 5.94. The van der Waals surface area contributed by atoms with E-state index in [1.165, 1.54) is 11.1 Å². The van der Waals surface area contributed by atoms with Crippen molar-refractivity contribution in [2.75, 3.05) is 13.7 Å². The van der Waals surface area contributed by atoms with E-state index in [9.17, 15) is 0 Å². The molecule has 2 atom stereocenters. The van der Waals surface area contributed by atoms with Gasteiger partial charge in [-0.3, -0.25) is 0 Å². The third kappa shape index (κ3) is 4.33. The van der Waals surface area contributed by atoms with Crippen LogP contribution in [0.3, 0.4) is 0 Å². The minimum absolute atomic E-state index is 0.290. The van der Waals surface area contributed by atoms with E-state index in [-0.39, 0.29) is 0 Å². The van der Waals surface area contributed by atoms with E-state index in [0.717, 1.165) is 19.4 Å². The number of nitrogens with two attached hydrogens (primary N) is 1. The average Bonchev–Trinajstić information content (AvgIpc) is 2.28. The number of benzene rings is 1. The summed E-state index contributed by atoms with van der Waals surface area (Å²) < 4.78 is 5.29. The molecule has 0 heterocycles. The molecule has 0 saturated heterocycles. The van der Waals surface area contributed by atoms with E-state index >= 15 is 0 Å². The summed E-state index contributed by atoms with van der Waals surface area (Å²) in [6.07, 6.45) is 2.37. The van der Waals surface area contributed by atoms with Gasteiger partial charge in [-0.05, 0) is 44.7 Å². The van der Waals surface area contributed by atoms with Crippen molar-refractivity contribution >= 4 is 0 Å². The highest BCUT2D eigenvalue weighted by molar-refractivity contribution is 5.22. The zero-order valence-corrected chi connectivity index (χ0v) is 10.6. The molecule has 0 aliphatic rings. The molecule has 0 saturated carbocycles. The van der Waals surface area contributed by atoms with Crippen molar-refractivity contribution < 1.29 is 4.74 Å². The van der Waals surface area contributed by atoms with E-state index in [1.807, 2.05) is 0 Å². The molecule has 16 heavy (non-hydrogen) atoms. The fourth-order valence-corrected chi connectivity index (χ4v) is 2.00. The number of rotatable bonds is 6. The van der Waals surface area contributed by atoms with Crippen LogP contribution in [0, 0.1) is 12.8 Å². The molecule has 0 bridgehead atoms. The van der Waals surface area contributed by atoms with Crippen LogP contribution in [0.2, 0.25) is 0 Å². The zero-order chi connectivity index (χ0) is 12.0. The highest BCUT2D eigenvalue weighted by atomic mass is 16.5. The Kier molecular flexibility index (Phi) is 5.50. The lowest BCUT2D eigenvalue weighted by Crippen LogP contribution is -2.22. The molecule has 0 spiro atoms. The van der Waals surface area contributed by atoms with E-state index in [2.05, 4.69) is 38.1 Å². The lowest BCUT2D eigenvalue weighted by molar-refractivity contribution is 0.0959. The van der Waals surface area contributed by atoms with Crippen LogP contribution in [0.15, 0.2) is 24.3 Å². The third-order valence-corrected chi connectivity index (χ3v) is 3.01. The smallest absolute Gasteiger partial charge is 0.0546 e. The first kappa shape index (κ1) is 13.2. The molecule has 1 aromatic rings. The molecular formula is C14H23NO. The fraction of sp³-hybridized carbons (Fsp3) is 0.571. The Balaban J connectivity index is 2.56. The molecule has 90 valence electrons. The molecule has 1 aromatic carbocycles. The quantitative estimate of drug-likeness (QED) is 0.801. The predicted molar refractivity (Wildman–Crippen MR) is 68.5 cm³/mol. The van der Waals surface area contributed by atoms with E-state index < -0.39 is 0 Å². The highest BCUT2D eigenvalue weighted by Gasteiger charge is 2.12. The van der Waals surface area contributed by atoms with Gasteiger partial charge in [-0.25, -0.2) is 0 Å². The average molecular weight is 221 g/mol. The van der Waals surface area contributed by atoms with Crippen molar-refractivity contribution in [3.8, 4) is 0 Å². The molecule has 0 aromatic heterocycles. The molecule has 2 heteroatoms. The van der Waals surface area contributed by atoms with E-state index in [0.29, 0.717) is 12.0 Å². The van der Waals surface area contributed by atoms with Crippen LogP contribution in [-0.2, 0) is 11.2 Å². The van der Waals surface area contributed by atoms with Crippen LogP contribution in [-0.4, -0.2) is 19.8 Å². The Morgan fingerprint density at radius 3 is 2.69 bits per heavy atom. The Morgan fingerprint density at radius 2 is 2.12 bits per heavy atom. The van der Waals surface area contributed by atoms with Gasteiger partial charge in [0.1, 0.15) is 0 Å². The molecule has 2 unspecified atom stereocenters. The van der Waals surface area contributed by atoms with Crippen LogP contribution in [0.25, 0.3) is 0 Å². The van der Waals surface area contributed by atoms with Crippen molar-refractivity contribution in [3.05, 3.63) is 35.4 Å². The number of hydrogen-bond donors (Lipinski definition) is 1. The molecule has 0 radical (unpaired) electrons. The highest BCUT2D eigenvalue weighted by Crippen LogP contribution is 2.15. The maximum atomic E-state index is 5.81. The summed E-state index contributed by atoms with van der Waals surface area (Å²) in [5.74, 6) is 0.511. The second-order valence-corrected chi connectivity index (χ2v) is 4.58. The number of ether oxygens (including phenoxy) is 1. The van der Waals surface area contributed by atoms with E-state index in [1.54, 1.807) is 7.11 Å². The van der Waals surface area contributed by atoms with Crippen molar-refractivity contribution in [2.45, 2.75) is 32.8 Å². The monoisotopic (exact) mass is 221 g/mol. The second-order valence-electron chi connectivity index (χ2n) is 4.58. The molecule has 2 nitrogen and oxygen atoms in total. The first-order chi connectivity index (χ1) is 7.65. The number of methoxy groups -OCH3 is 1. The standard InChI is InChI=1S/C14H23NO/c1-11-5-4-6-13(7-11)9-14(10-15)8-12(2)16-3/h4-7,12,14H,8-10,15H2,1-3H3. The van der Waals surface area contributed by atoms with Crippen molar-refractivity contribution in [1.82, 2.24) is 0 Å². The van der Waals surface area contributed by atoms with Gasteiger partial charge in [0.05, 0.1) is 6.10 Å². The normalized spacial score (nSPS) is 14.8. The van der Waals surface area contributed by atoms with Crippen LogP contribution in [0.1, 0.15) is 24.5 Å². The van der Waals surface area contributed by atoms with Crippen molar-refractivity contribution in [2.24, 2.45) is 11.7 Å². The topological polar surface area (TPSA) is 35.2 Å². The van der Waals surface area contributed by atoms with Crippen LogP contribution in [0.5, 0.6) is 0 Å². The SMILES string of the molecule is COC(C)CC(CN)Cc1cccc(C)c1. The van der Waals surface area contributed by atoms with Gasteiger partial charge in [0, 0.05) is 7.11 Å². The molecule has 2 N–H and O–H groups in total. The summed E-state index contributed by atoms with van der Waals surface area (Å²) in [7, 11) is 1.75. The number of aryl methyl sites for hydroxylation is 1. The van der Waals surface area contributed by atoms with Gasteiger partial charge in [-0.2, -0.15) is 0 Å². The van der Waals surface area contributed by atoms with Gasteiger partial charge in [0.2, 0.25) is 0 Å². The lowest BCUT2D eigenvalue weighted by atomic mass is 9.93. The maximum absolute atomic E-state index is 5.81. The van der Waals surface area contributed by atoms with Crippen LogP contribution < -0.4 is 5.73 Å². The maximum Gasteiger partial charge on any atom is 0.0546 e. The Hall–Kier alpha value is -0.860. The van der Waals surface area contributed by atoms with Crippen LogP contribution in [0.4, 0.5) is 0 Å². The lowest BCUT2D eigenvalue weighted by Gasteiger charge is -2.18. The minimum Gasteiger partial charge on any atom is -0.382 e. The van der Waals surface area contributed by atoms with Gasteiger partial charge >= 0.3 is 0 Å². The molecule has 0 aliphatic carbocycles. The Bertz CT molecular complexity index is 311. The first-order valence-corrected chi connectivity index (χ1v) is 5.94. The van der Waals surface area contributed by atoms with Gasteiger partial charge in [0.25, 0.3) is 0 Å². The molecule has 1 rings (SSSR count). The summed E-state index contributed by atoms with van der Waals surface area (Å²) in [5, 5.41) is 0. The van der Waals surface area contributed by atoms with Gasteiger partial charge < -0.3 is 10.5 Å². The Labute approximate surface area is 98.8 Å². The minimum atomic E-state index is 0.290. The second kappa shape index (κ2) is 6.66. The van der Waals surface area contributed by atoms with E-state index in [4.69, 9.17) is 10.5 Å². The summed E-state index contributed by atoms with van der Waals surface area (Å²) in [6, 6.07) is 8.64. The summed E-state index contributed by atoms with van der Waals surface area (Å²) in [5.41, 5.74) is 8.49. The van der Waals surface area contributed by atoms with Crippen molar-refractivity contribution in [3.63, 3.8) is 0 Å². The fourth-order valence-electron chi connectivity index (χ4n) is 2.00. The molecular weight excluding hydrogens is 198 g/mol. The van der Waals surface area contributed by atoms with Crippen molar-refractivity contribution in [1.29, 1.82) is 0 Å². The van der Waals surface area contributed by atoms with Gasteiger partial charge in [0.15, 0.2) is 0 Å². The summed E-state index contributed by atoms with van der Waals surface area (Å²) in [6.45, 7) is 4.94. The molecule has 0 fully saturated rings. The van der Waals surface area contributed by atoms with Gasteiger partial charge in [-0.15, -0.1) is 0 Å². The van der Waals surface area contributed by atoms with Gasteiger partial charge in [-0.1, -0.05) is 29.8 Å². The largest absolute Gasteiger partial charge is 0.382 e. The third-order valence-electron chi connectivity index (χ3n) is 3.01. The Morgan fingerprint density at radius 1 is 1.38 bits per heavy atom. The van der Waals surface area contributed by atoms with Crippen LogP contribution >= 0.6 is 0 Å². The summed E-state index contributed by atoms with van der Waals surface area (Å²) >= 11 is 0. The summed E-state index contributed by atoms with van der Waals surface area (Å²) in [4.78, 5) is 0.